The monoisotopic (exact) mass is 250 g/mol. The highest BCUT2D eigenvalue weighted by Crippen LogP contribution is 2.18. The first-order valence-corrected chi connectivity index (χ1v) is 6.91. The highest BCUT2D eigenvalue weighted by atomic mass is 32.2. The van der Waals surface area contributed by atoms with E-state index in [2.05, 4.69) is 0 Å². The Bertz CT molecular complexity index is 341. The van der Waals surface area contributed by atoms with E-state index in [1.165, 1.54) is 0 Å². The molecule has 1 aliphatic heterocycles. The minimum atomic E-state index is -3.48. The van der Waals surface area contributed by atoms with Crippen molar-refractivity contribution in [3.05, 3.63) is 0 Å². The smallest absolute Gasteiger partial charge is 0.222 e. The first kappa shape index (κ1) is 13.4. The van der Waals surface area contributed by atoms with E-state index in [-0.39, 0.29) is 24.0 Å². The van der Waals surface area contributed by atoms with Crippen LogP contribution in [0.1, 0.15) is 12.8 Å². The van der Waals surface area contributed by atoms with Crippen LogP contribution in [0.15, 0.2) is 0 Å². The van der Waals surface area contributed by atoms with Gasteiger partial charge in [-0.3, -0.25) is 4.79 Å². The van der Waals surface area contributed by atoms with E-state index in [1.807, 2.05) is 0 Å². The van der Waals surface area contributed by atoms with E-state index in [0.717, 1.165) is 6.42 Å². The van der Waals surface area contributed by atoms with E-state index in [4.69, 9.17) is 9.88 Å². The van der Waals surface area contributed by atoms with Gasteiger partial charge in [-0.25, -0.2) is 13.6 Å². The number of hydrogen-bond donors (Lipinski definition) is 1. The maximum atomic E-state index is 11.5. The molecule has 0 bridgehead atoms. The third kappa shape index (κ3) is 4.46. The molecule has 1 saturated heterocycles. The summed E-state index contributed by atoms with van der Waals surface area (Å²) >= 11 is 0. The van der Waals surface area contributed by atoms with Gasteiger partial charge < -0.3 is 9.64 Å². The van der Waals surface area contributed by atoms with Gasteiger partial charge in [-0.05, 0) is 6.42 Å². The fourth-order valence-corrected chi connectivity index (χ4v) is 2.79. The predicted octanol–water partition coefficient (Wildman–Crippen LogP) is -0.840. The van der Waals surface area contributed by atoms with Crippen LogP contribution in [0.3, 0.4) is 0 Å². The van der Waals surface area contributed by atoms with Crippen LogP contribution in [0.4, 0.5) is 0 Å². The molecule has 0 aromatic carbocycles. The lowest BCUT2D eigenvalue weighted by Crippen LogP contribution is -2.29. The average Bonchev–Trinajstić information content (AvgIpc) is 2.44. The number of methoxy groups -OCH3 is 1. The summed E-state index contributed by atoms with van der Waals surface area (Å²) in [5.74, 6) is -0.269. The Labute approximate surface area is 95.8 Å². The maximum absolute atomic E-state index is 11.5. The number of likely N-dealkylation sites (tertiary alicyclic amines) is 1. The van der Waals surface area contributed by atoms with Crippen LogP contribution in [0.25, 0.3) is 0 Å². The summed E-state index contributed by atoms with van der Waals surface area (Å²) in [5, 5.41) is 4.95. The standard InChI is InChI=1S/C9H18N2O4S/c1-15-4-2-3-11-6-8(5-9(11)12)7-16(10,13)14/h8H,2-7H2,1H3,(H2,10,13,14). The largest absolute Gasteiger partial charge is 0.385 e. The molecule has 1 aliphatic rings. The summed E-state index contributed by atoms with van der Waals surface area (Å²) < 4.78 is 26.7. The SMILES string of the molecule is COCCCN1CC(CS(N)(=O)=O)CC1=O. The fourth-order valence-electron chi connectivity index (χ4n) is 1.91. The van der Waals surface area contributed by atoms with E-state index >= 15 is 0 Å². The summed E-state index contributed by atoms with van der Waals surface area (Å²) in [4.78, 5) is 13.2. The molecule has 7 heteroatoms. The number of amides is 1. The molecule has 16 heavy (non-hydrogen) atoms. The number of ether oxygens (including phenoxy) is 1. The fraction of sp³-hybridized carbons (Fsp3) is 0.889. The summed E-state index contributed by atoms with van der Waals surface area (Å²) in [6, 6.07) is 0. The number of rotatable bonds is 6. The maximum Gasteiger partial charge on any atom is 0.222 e. The molecule has 0 radical (unpaired) electrons. The van der Waals surface area contributed by atoms with Gasteiger partial charge in [0.2, 0.25) is 15.9 Å². The molecule has 2 N–H and O–H groups in total. The second kappa shape index (κ2) is 5.60. The molecule has 0 saturated carbocycles. The van der Waals surface area contributed by atoms with Gasteiger partial charge in [0.05, 0.1) is 5.75 Å². The van der Waals surface area contributed by atoms with E-state index in [1.54, 1.807) is 12.0 Å². The zero-order chi connectivity index (χ0) is 12.2. The Morgan fingerprint density at radius 1 is 1.56 bits per heavy atom. The Hall–Kier alpha value is -0.660. The summed E-state index contributed by atoms with van der Waals surface area (Å²) in [6.45, 7) is 1.70. The van der Waals surface area contributed by atoms with Crippen molar-refractivity contribution in [2.45, 2.75) is 12.8 Å². The Balaban J connectivity index is 2.38. The van der Waals surface area contributed by atoms with Gasteiger partial charge in [0, 0.05) is 39.1 Å². The van der Waals surface area contributed by atoms with Gasteiger partial charge in [-0.15, -0.1) is 0 Å². The van der Waals surface area contributed by atoms with Gasteiger partial charge in [0.25, 0.3) is 0 Å². The van der Waals surface area contributed by atoms with Crippen LogP contribution < -0.4 is 5.14 Å². The Morgan fingerprint density at radius 2 is 2.25 bits per heavy atom. The highest BCUT2D eigenvalue weighted by Gasteiger charge is 2.31. The summed E-state index contributed by atoms with van der Waals surface area (Å²) in [7, 11) is -1.88. The molecule has 1 fully saturated rings. The third-order valence-electron chi connectivity index (χ3n) is 2.54. The van der Waals surface area contributed by atoms with Gasteiger partial charge in [0.15, 0.2) is 0 Å². The van der Waals surface area contributed by atoms with Gasteiger partial charge >= 0.3 is 0 Å². The lowest BCUT2D eigenvalue weighted by Gasteiger charge is -2.15. The minimum absolute atomic E-state index is 0.00440. The van der Waals surface area contributed by atoms with Crippen molar-refractivity contribution in [1.29, 1.82) is 0 Å². The van der Waals surface area contributed by atoms with Crippen molar-refractivity contribution in [1.82, 2.24) is 4.90 Å². The molecule has 1 unspecified atom stereocenters. The number of hydrogen-bond acceptors (Lipinski definition) is 4. The topological polar surface area (TPSA) is 89.7 Å². The van der Waals surface area contributed by atoms with E-state index < -0.39 is 10.0 Å². The Kier molecular flexibility index (Phi) is 4.69. The van der Waals surface area contributed by atoms with Crippen LogP contribution in [-0.2, 0) is 19.6 Å². The first-order valence-electron chi connectivity index (χ1n) is 5.19. The lowest BCUT2D eigenvalue weighted by molar-refractivity contribution is -0.127. The predicted molar refractivity (Wildman–Crippen MR) is 59.2 cm³/mol. The number of primary sulfonamides is 1. The number of carbonyl (C=O) groups is 1. The zero-order valence-electron chi connectivity index (χ0n) is 9.39. The van der Waals surface area contributed by atoms with Crippen molar-refractivity contribution in [2.24, 2.45) is 11.1 Å². The molecule has 1 atom stereocenters. The van der Waals surface area contributed by atoms with Crippen molar-refractivity contribution < 1.29 is 17.9 Å². The minimum Gasteiger partial charge on any atom is -0.385 e. The molecule has 0 spiro atoms. The normalized spacial score (nSPS) is 21.8. The highest BCUT2D eigenvalue weighted by molar-refractivity contribution is 7.89. The van der Waals surface area contributed by atoms with Crippen molar-refractivity contribution in [2.75, 3.05) is 32.6 Å². The van der Waals surface area contributed by atoms with Gasteiger partial charge in [-0.1, -0.05) is 0 Å². The van der Waals surface area contributed by atoms with Crippen LogP contribution >= 0.6 is 0 Å². The summed E-state index contributed by atoms with van der Waals surface area (Å²) in [5.41, 5.74) is 0. The number of carbonyl (C=O) groups excluding carboxylic acids is 1. The number of nitrogens with zero attached hydrogens (tertiary/aromatic N) is 1. The van der Waals surface area contributed by atoms with E-state index in [0.29, 0.717) is 19.7 Å². The van der Waals surface area contributed by atoms with Gasteiger partial charge in [0.1, 0.15) is 0 Å². The van der Waals surface area contributed by atoms with E-state index in [9.17, 15) is 13.2 Å². The molecule has 6 nitrogen and oxygen atoms in total. The molecule has 0 aromatic heterocycles. The quantitative estimate of drug-likeness (QED) is 0.622. The Morgan fingerprint density at radius 3 is 2.81 bits per heavy atom. The molecule has 94 valence electrons. The molecular weight excluding hydrogens is 232 g/mol. The number of sulfonamides is 1. The van der Waals surface area contributed by atoms with Crippen molar-refractivity contribution in [3.8, 4) is 0 Å². The first-order chi connectivity index (χ1) is 7.42. The molecule has 0 aromatic rings. The van der Waals surface area contributed by atoms with Crippen LogP contribution in [-0.4, -0.2) is 51.8 Å². The molecule has 1 amide bonds. The molecular formula is C9H18N2O4S. The second-order valence-electron chi connectivity index (χ2n) is 4.09. The van der Waals surface area contributed by atoms with Crippen LogP contribution in [0.2, 0.25) is 0 Å². The van der Waals surface area contributed by atoms with Gasteiger partial charge in [-0.2, -0.15) is 0 Å². The van der Waals surface area contributed by atoms with Crippen molar-refractivity contribution >= 4 is 15.9 Å². The summed E-state index contributed by atoms with van der Waals surface area (Å²) in [6.07, 6.45) is 1.05. The second-order valence-corrected chi connectivity index (χ2v) is 5.74. The van der Waals surface area contributed by atoms with Crippen LogP contribution in [0.5, 0.6) is 0 Å². The average molecular weight is 250 g/mol. The molecule has 1 rings (SSSR count). The lowest BCUT2D eigenvalue weighted by atomic mass is 10.1. The molecule has 1 heterocycles. The third-order valence-corrected chi connectivity index (χ3v) is 3.48. The van der Waals surface area contributed by atoms with Crippen molar-refractivity contribution in [3.63, 3.8) is 0 Å². The zero-order valence-corrected chi connectivity index (χ0v) is 10.2. The molecule has 0 aliphatic carbocycles. The number of nitrogens with two attached hydrogens (primary N) is 1. The van der Waals surface area contributed by atoms with Crippen LogP contribution in [0, 0.1) is 5.92 Å².